The molecular formula is C11H17N3O4. The highest BCUT2D eigenvalue weighted by Crippen LogP contribution is 2.17. The molecule has 1 unspecified atom stereocenters. The number of aliphatic carboxylic acids is 1. The van der Waals surface area contributed by atoms with Crippen LogP contribution in [-0.4, -0.2) is 53.1 Å². The van der Waals surface area contributed by atoms with Gasteiger partial charge in [-0.1, -0.05) is 0 Å². The maximum absolute atomic E-state index is 11.8. The van der Waals surface area contributed by atoms with E-state index >= 15 is 0 Å². The first-order chi connectivity index (χ1) is 8.58. The van der Waals surface area contributed by atoms with Crippen LogP contribution in [0.1, 0.15) is 25.7 Å². The molecule has 2 heterocycles. The van der Waals surface area contributed by atoms with Crippen molar-refractivity contribution in [2.24, 2.45) is 0 Å². The Labute approximate surface area is 105 Å². The number of amides is 3. The van der Waals surface area contributed by atoms with Gasteiger partial charge in [-0.3, -0.25) is 4.79 Å². The van der Waals surface area contributed by atoms with Crippen molar-refractivity contribution in [3.8, 4) is 0 Å². The highest BCUT2D eigenvalue weighted by molar-refractivity contribution is 5.83. The zero-order valence-corrected chi connectivity index (χ0v) is 10.0. The zero-order valence-electron chi connectivity index (χ0n) is 10.0. The third kappa shape index (κ3) is 2.72. The fourth-order valence-corrected chi connectivity index (χ4v) is 2.41. The Kier molecular flexibility index (Phi) is 3.69. The molecule has 3 amide bonds. The first-order valence-electron chi connectivity index (χ1n) is 6.14. The molecule has 0 radical (unpaired) electrons. The van der Waals surface area contributed by atoms with E-state index in [1.807, 2.05) is 0 Å². The average molecular weight is 255 g/mol. The molecule has 0 aromatic heterocycles. The molecule has 7 nitrogen and oxygen atoms in total. The topological polar surface area (TPSA) is 98.7 Å². The summed E-state index contributed by atoms with van der Waals surface area (Å²) in [5.74, 6) is -0.962. The smallest absolute Gasteiger partial charge is 0.326 e. The molecule has 0 aromatic carbocycles. The van der Waals surface area contributed by atoms with E-state index in [4.69, 9.17) is 5.11 Å². The number of hydrogen-bond acceptors (Lipinski definition) is 3. The van der Waals surface area contributed by atoms with Crippen LogP contribution in [0.15, 0.2) is 0 Å². The fourth-order valence-electron chi connectivity index (χ4n) is 2.41. The average Bonchev–Trinajstić information content (AvgIpc) is 2.94. The maximum atomic E-state index is 11.8. The molecule has 0 aromatic rings. The summed E-state index contributed by atoms with van der Waals surface area (Å²) in [6.07, 6.45) is 2.41. The lowest BCUT2D eigenvalue weighted by Crippen LogP contribution is -2.48. The third-order valence-corrected chi connectivity index (χ3v) is 3.38. The fraction of sp³-hybridized carbons (Fsp3) is 0.727. The molecule has 2 atom stereocenters. The summed E-state index contributed by atoms with van der Waals surface area (Å²) in [4.78, 5) is 35.1. The minimum absolute atomic E-state index is 0.00108. The number of carbonyl (C=O) groups excluding carboxylic acids is 2. The molecule has 0 saturated carbocycles. The third-order valence-electron chi connectivity index (χ3n) is 3.38. The highest BCUT2D eigenvalue weighted by Gasteiger charge is 2.34. The summed E-state index contributed by atoms with van der Waals surface area (Å²) in [5, 5.41) is 14.4. The molecule has 0 spiro atoms. The lowest BCUT2D eigenvalue weighted by Gasteiger charge is -2.22. The van der Waals surface area contributed by atoms with Crippen molar-refractivity contribution >= 4 is 17.9 Å². The van der Waals surface area contributed by atoms with Crippen molar-refractivity contribution in [2.45, 2.75) is 37.8 Å². The van der Waals surface area contributed by atoms with Crippen LogP contribution in [-0.2, 0) is 9.59 Å². The molecule has 0 aliphatic carbocycles. The quantitative estimate of drug-likeness (QED) is 0.634. The molecule has 2 saturated heterocycles. The number of urea groups is 1. The Morgan fingerprint density at radius 2 is 2.22 bits per heavy atom. The van der Waals surface area contributed by atoms with E-state index in [-0.39, 0.29) is 18.0 Å². The van der Waals surface area contributed by atoms with E-state index in [1.165, 1.54) is 4.90 Å². The molecule has 2 aliphatic rings. The Morgan fingerprint density at radius 1 is 1.44 bits per heavy atom. The Morgan fingerprint density at radius 3 is 2.83 bits per heavy atom. The van der Waals surface area contributed by atoms with Gasteiger partial charge in [0.2, 0.25) is 5.91 Å². The molecular weight excluding hydrogens is 238 g/mol. The zero-order chi connectivity index (χ0) is 13.1. The van der Waals surface area contributed by atoms with Crippen LogP contribution in [0, 0.1) is 0 Å². The maximum Gasteiger partial charge on any atom is 0.326 e. The number of carboxylic acid groups (broad SMARTS) is 1. The predicted octanol–water partition coefficient (Wildman–Crippen LogP) is -0.476. The van der Waals surface area contributed by atoms with Crippen LogP contribution < -0.4 is 10.6 Å². The summed E-state index contributed by atoms with van der Waals surface area (Å²) in [6, 6.07) is -1.11. The predicted molar refractivity (Wildman–Crippen MR) is 61.9 cm³/mol. The van der Waals surface area contributed by atoms with Gasteiger partial charge >= 0.3 is 12.0 Å². The summed E-state index contributed by atoms with van der Waals surface area (Å²) < 4.78 is 0. The molecule has 100 valence electrons. The van der Waals surface area contributed by atoms with E-state index in [1.54, 1.807) is 0 Å². The summed E-state index contributed by atoms with van der Waals surface area (Å²) >= 11 is 0. The molecule has 2 rings (SSSR count). The van der Waals surface area contributed by atoms with Gasteiger partial charge in [-0.25, -0.2) is 9.59 Å². The minimum atomic E-state index is -0.961. The van der Waals surface area contributed by atoms with Gasteiger partial charge in [0.05, 0.1) is 0 Å². The van der Waals surface area contributed by atoms with Crippen LogP contribution >= 0.6 is 0 Å². The van der Waals surface area contributed by atoms with Crippen molar-refractivity contribution in [3.63, 3.8) is 0 Å². The van der Waals surface area contributed by atoms with E-state index in [0.717, 1.165) is 0 Å². The summed E-state index contributed by atoms with van der Waals surface area (Å²) in [6.45, 7) is 0.827. The van der Waals surface area contributed by atoms with Crippen molar-refractivity contribution in [3.05, 3.63) is 0 Å². The second kappa shape index (κ2) is 5.24. The second-order valence-electron chi connectivity index (χ2n) is 4.68. The summed E-state index contributed by atoms with van der Waals surface area (Å²) in [7, 11) is 0. The molecule has 18 heavy (non-hydrogen) atoms. The van der Waals surface area contributed by atoms with Gasteiger partial charge < -0.3 is 20.6 Å². The molecule has 2 aliphatic heterocycles. The van der Waals surface area contributed by atoms with Crippen LogP contribution in [0.5, 0.6) is 0 Å². The second-order valence-corrected chi connectivity index (χ2v) is 4.68. The minimum Gasteiger partial charge on any atom is -0.480 e. The van der Waals surface area contributed by atoms with Gasteiger partial charge in [-0.05, 0) is 19.3 Å². The van der Waals surface area contributed by atoms with Crippen LogP contribution in [0.4, 0.5) is 4.79 Å². The van der Waals surface area contributed by atoms with Crippen molar-refractivity contribution in [2.75, 3.05) is 13.1 Å². The molecule has 3 N–H and O–H groups in total. The largest absolute Gasteiger partial charge is 0.480 e. The van der Waals surface area contributed by atoms with Gasteiger partial charge in [0, 0.05) is 25.6 Å². The monoisotopic (exact) mass is 255 g/mol. The normalized spacial score (nSPS) is 27.1. The summed E-state index contributed by atoms with van der Waals surface area (Å²) in [5.41, 5.74) is 0. The number of nitrogens with zero attached hydrogens (tertiary/aromatic N) is 1. The first-order valence-corrected chi connectivity index (χ1v) is 6.14. The number of rotatable bonds is 3. The van der Waals surface area contributed by atoms with Gasteiger partial charge in [0.1, 0.15) is 6.04 Å². The Hall–Kier alpha value is -1.79. The van der Waals surface area contributed by atoms with Crippen molar-refractivity contribution < 1.29 is 19.5 Å². The van der Waals surface area contributed by atoms with E-state index in [2.05, 4.69) is 10.6 Å². The van der Waals surface area contributed by atoms with Gasteiger partial charge in [-0.15, -0.1) is 0 Å². The van der Waals surface area contributed by atoms with Crippen LogP contribution in [0.25, 0.3) is 0 Å². The Bertz CT molecular complexity index is 371. The lowest BCUT2D eigenvalue weighted by atomic mass is 10.2. The van der Waals surface area contributed by atoms with Crippen molar-refractivity contribution in [1.29, 1.82) is 0 Å². The van der Waals surface area contributed by atoms with E-state index < -0.39 is 12.0 Å². The molecule has 2 fully saturated rings. The van der Waals surface area contributed by atoms with Gasteiger partial charge in [0.15, 0.2) is 0 Å². The number of likely N-dealkylation sites (tertiary alicyclic amines) is 1. The van der Waals surface area contributed by atoms with Gasteiger partial charge in [-0.2, -0.15) is 0 Å². The Balaban J connectivity index is 1.80. The van der Waals surface area contributed by atoms with Crippen LogP contribution in [0.3, 0.4) is 0 Å². The SMILES string of the molecule is O=C1CCC(CNC(=O)N2CCC[C@@H]2C(=O)O)N1. The molecule has 0 bridgehead atoms. The molecule has 7 heteroatoms. The van der Waals surface area contributed by atoms with Crippen molar-refractivity contribution in [1.82, 2.24) is 15.5 Å². The standard InChI is InChI=1S/C11H17N3O4/c15-9-4-3-7(13-9)6-12-11(18)14-5-1-2-8(14)10(16)17/h7-8H,1-6H2,(H,12,18)(H,13,15)(H,16,17)/t7?,8-/m1/s1. The van der Waals surface area contributed by atoms with E-state index in [9.17, 15) is 14.4 Å². The highest BCUT2D eigenvalue weighted by atomic mass is 16.4. The van der Waals surface area contributed by atoms with Crippen LogP contribution in [0.2, 0.25) is 0 Å². The first kappa shape index (κ1) is 12.7. The number of hydrogen-bond donors (Lipinski definition) is 3. The van der Waals surface area contributed by atoms with E-state index in [0.29, 0.717) is 38.8 Å². The number of nitrogens with one attached hydrogen (secondary N) is 2. The van der Waals surface area contributed by atoms with Gasteiger partial charge in [0.25, 0.3) is 0 Å². The lowest BCUT2D eigenvalue weighted by molar-refractivity contribution is -0.141. The number of carbonyl (C=O) groups is 3. The number of carboxylic acids is 1.